The maximum Gasteiger partial charge on any atom is 0.234 e. The van der Waals surface area contributed by atoms with E-state index in [1.807, 2.05) is 13.0 Å². The molecule has 0 aromatic heterocycles. The van der Waals surface area contributed by atoms with E-state index in [0.717, 1.165) is 5.57 Å². The van der Waals surface area contributed by atoms with Crippen LogP contribution in [0.15, 0.2) is 29.8 Å². The van der Waals surface area contributed by atoms with Crippen molar-refractivity contribution in [3.63, 3.8) is 0 Å². The summed E-state index contributed by atoms with van der Waals surface area (Å²) in [6, 6.07) is 5.21. The molecule has 3 fully saturated rings. The normalized spacial score (nSPS) is 32.5. The lowest BCUT2D eigenvalue weighted by Crippen LogP contribution is -2.43. The maximum atomic E-state index is 13.4. The van der Waals surface area contributed by atoms with E-state index in [1.54, 1.807) is 32.0 Å². The van der Waals surface area contributed by atoms with Crippen LogP contribution in [0.4, 0.5) is 0 Å². The van der Waals surface area contributed by atoms with E-state index in [0.29, 0.717) is 37.3 Å². The molecule has 1 aromatic rings. The Hall–Kier alpha value is -3.16. The second-order valence-electron chi connectivity index (χ2n) is 9.49. The zero-order valence-corrected chi connectivity index (χ0v) is 19.7. The molecule has 8 nitrogen and oxygen atoms in total. The van der Waals surface area contributed by atoms with Gasteiger partial charge in [0.2, 0.25) is 23.6 Å². The van der Waals surface area contributed by atoms with Gasteiger partial charge in [-0.15, -0.1) is 0 Å². The van der Waals surface area contributed by atoms with Crippen molar-refractivity contribution in [2.24, 2.45) is 29.6 Å². The smallest absolute Gasteiger partial charge is 0.234 e. The Morgan fingerprint density at radius 3 is 2.18 bits per heavy atom. The number of benzene rings is 1. The minimum absolute atomic E-state index is 0.0454. The SMILES string of the molecule is CCOc1cccc([C@H]2C3=CC[C@@H]4C(=O)N(CC)C(=O)[C@@H]4[C@@H]3C[C@H]3C(=O)N(CC)C(=O)[C@@H]23)c1O. The Morgan fingerprint density at radius 1 is 0.882 bits per heavy atom. The van der Waals surface area contributed by atoms with Crippen LogP contribution in [-0.4, -0.2) is 58.2 Å². The molecule has 8 heteroatoms. The van der Waals surface area contributed by atoms with E-state index < -0.39 is 29.6 Å². The minimum Gasteiger partial charge on any atom is -0.504 e. The van der Waals surface area contributed by atoms with Crippen molar-refractivity contribution >= 4 is 23.6 Å². The predicted molar refractivity (Wildman–Crippen MR) is 122 cm³/mol. The molecule has 1 saturated carbocycles. The Balaban J connectivity index is 1.66. The van der Waals surface area contributed by atoms with E-state index in [9.17, 15) is 24.3 Å². The molecule has 180 valence electrons. The number of phenols is 1. The molecule has 0 spiro atoms. The predicted octanol–water partition coefficient (Wildman–Crippen LogP) is 2.47. The van der Waals surface area contributed by atoms with Crippen LogP contribution in [-0.2, 0) is 19.2 Å². The number of likely N-dealkylation sites (tertiary alicyclic amines) is 2. The monoisotopic (exact) mass is 466 g/mol. The number of phenolic OH excluding ortho intramolecular Hbond substituents is 1. The van der Waals surface area contributed by atoms with Gasteiger partial charge in [-0.1, -0.05) is 23.8 Å². The molecule has 1 aromatic carbocycles. The number of hydrogen-bond donors (Lipinski definition) is 1. The summed E-state index contributed by atoms with van der Waals surface area (Å²) in [6.07, 6.45) is 2.75. The van der Waals surface area contributed by atoms with Crippen LogP contribution >= 0.6 is 0 Å². The molecule has 2 heterocycles. The molecule has 4 aliphatic rings. The highest BCUT2D eigenvalue weighted by Gasteiger charge is 2.61. The Morgan fingerprint density at radius 2 is 1.53 bits per heavy atom. The van der Waals surface area contributed by atoms with Crippen LogP contribution in [0.1, 0.15) is 45.1 Å². The molecule has 6 atom stereocenters. The van der Waals surface area contributed by atoms with Crippen LogP contribution in [0.5, 0.6) is 11.5 Å². The van der Waals surface area contributed by atoms with Gasteiger partial charge in [-0.3, -0.25) is 29.0 Å². The number of imide groups is 2. The Kier molecular flexibility index (Phi) is 5.49. The summed E-state index contributed by atoms with van der Waals surface area (Å²) in [7, 11) is 0. The molecule has 5 rings (SSSR count). The first-order chi connectivity index (χ1) is 16.3. The number of para-hydroxylation sites is 1. The standard InChI is InChI=1S/C26H30N2O6/c1-4-27-23(30)15-11-10-13-16(20(15)25(27)32)12-17-21(26(33)28(5-2)24(17)31)19(13)14-8-7-9-18(22(14)29)34-6-3/h7-10,15-17,19-21,29H,4-6,11-12H2,1-3H3/t15-,16+,17+,19+,20-,21+/m0/s1. The first-order valence-electron chi connectivity index (χ1n) is 12.2. The number of fused-ring (bicyclic) bond motifs is 4. The first-order valence-corrected chi connectivity index (χ1v) is 12.2. The number of allylic oxidation sites excluding steroid dienone is 2. The molecule has 1 N–H and O–H groups in total. The number of ether oxygens (including phenoxy) is 1. The highest BCUT2D eigenvalue weighted by molar-refractivity contribution is 6.08. The molecule has 0 radical (unpaired) electrons. The maximum absolute atomic E-state index is 13.4. The van der Waals surface area contributed by atoms with Crippen molar-refractivity contribution in [2.75, 3.05) is 19.7 Å². The van der Waals surface area contributed by atoms with Crippen molar-refractivity contribution in [3.8, 4) is 11.5 Å². The summed E-state index contributed by atoms with van der Waals surface area (Å²) in [4.78, 5) is 55.5. The third-order valence-electron chi connectivity index (χ3n) is 8.13. The fourth-order valence-corrected chi connectivity index (χ4v) is 6.75. The number of nitrogens with zero attached hydrogens (tertiary/aromatic N) is 2. The fraction of sp³-hybridized carbons (Fsp3) is 0.538. The number of carbonyl (C=O) groups is 4. The van der Waals surface area contributed by atoms with Crippen LogP contribution < -0.4 is 4.74 Å². The second-order valence-corrected chi connectivity index (χ2v) is 9.49. The zero-order valence-electron chi connectivity index (χ0n) is 19.7. The molecular weight excluding hydrogens is 436 g/mol. The molecule has 4 amide bonds. The van der Waals surface area contributed by atoms with E-state index >= 15 is 0 Å². The molecule has 2 saturated heterocycles. The van der Waals surface area contributed by atoms with Crippen molar-refractivity contribution in [1.82, 2.24) is 9.80 Å². The van der Waals surface area contributed by atoms with Gasteiger partial charge in [0.25, 0.3) is 0 Å². The van der Waals surface area contributed by atoms with Crippen molar-refractivity contribution < 1.29 is 29.0 Å². The summed E-state index contributed by atoms with van der Waals surface area (Å²) in [5.74, 6) is -3.64. The van der Waals surface area contributed by atoms with Crippen molar-refractivity contribution in [3.05, 3.63) is 35.4 Å². The van der Waals surface area contributed by atoms with Gasteiger partial charge in [0.1, 0.15) is 0 Å². The van der Waals surface area contributed by atoms with Gasteiger partial charge in [0, 0.05) is 24.6 Å². The van der Waals surface area contributed by atoms with Gasteiger partial charge < -0.3 is 9.84 Å². The second kappa shape index (κ2) is 8.25. The fourth-order valence-electron chi connectivity index (χ4n) is 6.75. The van der Waals surface area contributed by atoms with E-state index in [-0.39, 0.29) is 41.8 Å². The van der Waals surface area contributed by atoms with Crippen LogP contribution in [0.3, 0.4) is 0 Å². The molecular formula is C26H30N2O6. The minimum atomic E-state index is -0.649. The van der Waals surface area contributed by atoms with E-state index in [4.69, 9.17) is 4.74 Å². The highest BCUT2D eigenvalue weighted by atomic mass is 16.5. The zero-order chi connectivity index (χ0) is 24.3. The van der Waals surface area contributed by atoms with Crippen LogP contribution in [0.2, 0.25) is 0 Å². The van der Waals surface area contributed by atoms with Gasteiger partial charge in [0.15, 0.2) is 11.5 Å². The molecule has 34 heavy (non-hydrogen) atoms. The first kappa shape index (κ1) is 22.6. The number of aromatic hydroxyl groups is 1. The third kappa shape index (κ3) is 2.96. The van der Waals surface area contributed by atoms with Crippen molar-refractivity contribution in [1.29, 1.82) is 0 Å². The van der Waals surface area contributed by atoms with E-state index in [1.165, 1.54) is 9.80 Å². The Bertz CT molecular complexity index is 1110. The highest BCUT2D eigenvalue weighted by Crippen LogP contribution is 2.59. The average Bonchev–Trinajstić information content (AvgIpc) is 3.22. The number of hydrogen-bond acceptors (Lipinski definition) is 6. The number of rotatable bonds is 5. The van der Waals surface area contributed by atoms with Crippen molar-refractivity contribution in [2.45, 2.75) is 39.5 Å². The summed E-state index contributed by atoms with van der Waals surface area (Å²) in [6.45, 7) is 6.35. The van der Waals surface area contributed by atoms with Crippen LogP contribution in [0, 0.1) is 29.6 Å². The molecule has 0 bridgehead atoms. The summed E-state index contributed by atoms with van der Waals surface area (Å²) in [5, 5.41) is 11.1. The molecule has 2 aliphatic carbocycles. The molecule has 0 unspecified atom stereocenters. The van der Waals surface area contributed by atoms with Gasteiger partial charge in [0.05, 0.1) is 30.3 Å². The Labute approximate surface area is 198 Å². The number of carbonyl (C=O) groups excluding carboxylic acids is 4. The van der Waals surface area contributed by atoms with Gasteiger partial charge in [-0.05, 0) is 45.6 Å². The van der Waals surface area contributed by atoms with Gasteiger partial charge in [-0.2, -0.15) is 0 Å². The van der Waals surface area contributed by atoms with Crippen LogP contribution in [0.25, 0.3) is 0 Å². The summed E-state index contributed by atoms with van der Waals surface area (Å²) in [5.41, 5.74) is 1.41. The topological polar surface area (TPSA) is 104 Å². The molecule has 2 aliphatic heterocycles. The average molecular weight is 467 g/mol. The largest absolute Gasteiger partial charge is 0.504 e. The third-order valence-corrected chi connectivity index (χ3v) is 8.13. The number of amides is 4. The lowest BCUT2D eigenvalue weighted by atomic mass is 9.57. The summed E-state index contributed by atoms with van der Waals surface area (Å²) >= 11 is 0. The summed E-state index contributed by atoms with van der Waals surface area (Å²) < 4.78 is 5.60. The quantitative estimate of drug-likeness (QED) is 0.528. The lowest BCUT2D eigenvalue weighted by molar-refractivity contribution is -0.141. The lowest BCUT2D eigenvalue weighted by Gasteiger charge is -2.44. The van der Waals surface area contributed by atoms with Gasteiger partial charge >= 0.3 is 0 Å². The van der Waals surface area contributed by atoms with Gasteiger partial charge in [-0.25, -0.2) is 0 Å². The van der Waals surface area contributed by atoms with E-state index in [2.05, 4.69) is 0 Å².